The fourth-order valence-corrected chi connectivity index (χ4v) is 2.14. The smallest absolute Gasteiger partial charge is 0.0452 e. The minimum absolute atomic E-state index is 0.876. The van der Waals surface area contributed by atoms with E-state index in [2.05, 4.69) is 41.5 Å². The van der Waals surface area contributed by atoms with Crippen LogP contribution >= 0.6 is 0 Å². The molecular weight excluding hydrogens is 184 g/mol. The number of anilines is 1. The third-order valence-corrected chi connectivity index (χ3v) is 2.92. The van der Waals surface area contributed by atoms with Crippen LogP contribution in [0.4, 0.5) is 5.69 Å². The van der Waals surface area contributed by atoms with Gasteiger partial charge in [-0.2, -0.15) is 0 Å². The minimum Gasteiger partial charge on any atom is -0.380 e. The molecule has 2 heteroatoms. The second-order valence-electron chi connectivity index (χ2n) is 3.88. The minimum atomic E-state index is 0.876. The van der Waals surface area contributed by atoms with Crippen molar-refractivity contribution in [3.8, 4) is 11.1 Å². The number of nitrogens with zero attached hydrogens (tertiary/aromatic N) is 1. The molecule has 0 unspecified atom stereocenters. The van der Waals surface area contributed by atoms with Crippen LogP contribution in [0.3, 0.4) is 0 Å². The Kier molecular flexibility index (Phi) is 1.75. The molecule has 1 N–H and O–H groups in total. The zero-order chi connectivity index (χ0) is 10.3. The van der Waals surface area contributed by atoms with Gasteiger partial charge in [0.1, 0.15) is 0 Å². The van der Waals surface area contributed by atoms with Gasteiger partial charge in [0.25, 0.3) is 0 Å². The van der Waals surface area contributed by atoms with Gasteiger partial charge in [0.2, 0.25) is 0 Å². The Labute approximate surface area is 89.0 Å². The van der Waals surface area contributed by atoms with E-state index in [-0.39, 0.29) is 0 Å². The van der Waals surface area contributed by atoms with Crippen molar-refractivity contribution in [2.75, 3.05) is 5.32 Å². The molecule has 0 atom stereocenters. The van der Waals surface area contributed by atoms with Crippen molar-refractivity contribution in [2.24, 2.45) is 0 Å². The maximum absolute atomic E-state index is 4.15. The second-order valence-corrected chi connectivity index (χ2v) is 3.88. The summed E-state index contributed by atoms with van der Waals surface area (Å²) < 4.78 is 0. The molecule has 1 aromatic carbocycles. The van der Waals surface area contributed by atoms with Crippen LogP contribution in [0.1, 0.15) is 11.1 Å². The lowest BCUT2D eigenvalue weighted by molar-refractivity contribution is 1.09. The summed E-state index contributed by atoms with van der Waals surface area (Å²) >= 11 is 0. The highest BCUT2D eigenvalue weighted by atomic mass is 14.9. The molecule has 0 fully saturated rings. The molecule has 74 valence electrons. The Morgan fingerprint density at radius 3 is 3.07 bits per heavy atom. The number of fused-ring (bicyclic) bond motifs is 3. The third-order valence-electron chi connectivity index (χ3n) is 2.92. The number of hydrogen-bond donors (Lipinski definition) is 1. The summed E-state index contributed by atoms with van der Waals surface area (Å²) in [5, 5.41) is 3.45. The zero-order valence-electron chi connectivity index (χ0n) is 8.62. The van der Waals surface area contributed by atoms with E-state index in [1.165, 1.54) is 27.9 Å². The monoisotopic (exact) mass is 196 g/mol. The maximum Gasteiger partial charge on any atom is 0.0452 e. The standard InChI is InChI=1S/C13H12N2/c1-9-3-2-4-12-11-5-6-14-7-10(11)8-15-13(9)12/h2-7,15H,8H2,1H3. The molecule has 15 heavy (non-hydrogen) atoms. The Balaban J connectivity index is 2.30. The largest absolute Gasteiger partial charge is 0.380 e. The lowest BCUT2D eigenvalue weighted by Gasteiger charge is -2.22. The number of benzene rings is 1. The molecule has 0 saturated heterocycles. The average molecular weight is 196 g/mol. The van der Waals surface area contributed by atoms with Gasteiger partial charge in [0, 0.05) is 30.2 Å². The van der Waals surface area contributed by atoms with Crippen molar-refractivity contribution in [3.63, 3.8) is 0 Å². The first-order valence-electron chi connectivity index (χ1n) is 5.13. The van der Waals surface area contributed by atoms with E-state index < -0.39 is 0 Å². The van der Waals surface area contributed by atoms with Gasteiger partial charge in [-0.25, -0.2) is 0 Å². The number of rotatable bonds is 0. The fourth-order valence-electron chi connectivity index (χ4n) is 2.14. The molecule has 0 aliphatic carbocycles. The van der Waals surface area contributed by atoms with E-state index in [0.717, 1.165) is 6.54 Å². The van der Waals surface area contributed by atoms with Crippen molar-refractivity contribution in [2.45, 2.75) is 13.5 Å². The van der Waals surface area contributed by atoms with Crippen LogP contribution in [0.25, 0.3) is 11.1 Å². The molecule has 0 radical (unpaired) electrons. The SMILES string of the molecule is Cc1cccc2c1NCc1cnccc1-2. The predicted octanol–water partition coefficient (Wildman–Crippen LogP) is 2.98. The van der Waals surface area contributed by atoms with Crippen molar-refractivity contribution >= 4 is 5.69 Å². The average Bonchev–Trinajstić information content (AvgIpc) is 2.29. The zero-order valence-corrected chi connectivity index (χ0v) is 8.62. The van der Waals surface area contributed by atoms with E-state index in [0.29, 0.717) is 0 Å². The summed E-state index contributed by atoms with van der Waals surface area (Å²) in [4.78, 5) is 4.15. The molecule has 0 saturated carbocycles. The normalized spacial score (nSPS) is 12.6. The molecular formula is C13H12N2. The predicted molar refractivity (Wildman–Crippen MR) is 61.7 cm³/mol. The molecule has 0 amide bonds. The van der Waals surface area contributed by atoms with E-state index >= 15 is 0 Å². The van der Waals surface area contributed by atoms with Crippen LogP contribution < -0.4 is 5.32 Å². The number of aromatic nitrogens is 1. The summed E-state index contributed by atoms with van der Waals surface area (Å²) in [6.07, 6.45) is 3.80. The van der Waals surface area contributed by atoms with Crippen LogP contribution in [0, 0.1) is 6.92 Å². The van der Waals surface area contributed by atoms with Crippen LogP contribution in [-0.2, 0) is 6.54 Å². The molecule has 0 spiro atoms. The van der Waals surface area contributed by atoms with E-state index in [9.17, 15) is 0 Å². The van der Waals surface area contributed by atoms with Gasteiger partial charge in [-0.1, -0.05) is 18.2 Å². The van der Waals surface area contributed by atoms with Crippen molar-refractivity contribution in [3.05, 3.63) is 47.8 Å². The first-order valence-corrected chi connectivity index (χ1v) is 5.13. The van der Waals surface area contributed by atoms with Gasteiger partial charge < -0.3 is 5.32 Å². The fraction of sp³-hybridized carbons (Fsp3) is 0.154. The first kappa shape index (κ1) is 8.48. The third kappa shape index (κ3) is 1.22. The van der Waals surface area contributed by atoms with E-state index in [1.807, 2.05) is 12.4 Å². The van der Waals surface area contributed by atoms with Gasteiger partial charge in [-0.15, -0.1) is 0 Å². The maximum atomic E-state index is 4.15. The van der Waals surface area contributed by atoms with Crippen molar-refractivity contribution in [1.29, 1.82) is 0 Å². The Bertz CT molecular complexity index is 518. The number of nitrogens with one attached hydrogen (secondary N) is 1. The van der Waals surface area contributed by atoms with Crippen molar-refractivity contribution < 1.29 is 0 Å². The molecule has 2 heterocycles. The molecule has 0 bridgehead atoms. The summed E-state index contributed by atoms with van der Waals surface area (Å²) in [5.41, 5.74) is 6.43. The summed E-state index contributed by atoms with van der Waals surface area (Å²) in [5.74, 6) is 0. The quantitative estimate of drug-likeness (QED) is 0.700. The van der Waals surface area contributed by atoms with Crippen LogP contribution in [0.2, 0.25) is 0 Å². The molecule has 1 aromatic heterocycles. The lowest BCUT2D eigenvalue weighted by atomic mass is 9.94. The number of para-hydroxylation sites is 1. The Hall–Kier alpha value is -1.83. The van der Waals surface area contributed by atoms with Crippen molar-refractivity contribution in [1.82, 2.24) is 4.98 Å². The molecule has 2 aromatic rings. The number of pyridine rings is 1. The van der Waals surface area contributed by atoms with Crippen LogP contribution in [-0.4, -0.2) is 4.98 Å². The topological polar surface area (TPSA) is 24.9 Å². The highest BCUT2D eigenvalue weighted by molar-refractivity contribution is 5.84. The summed E-state index contributed by atoms with van der Waals surface area (Å²) in [7, 11) is 0. The highest BCUT2D eigenvalue weighted by Gasteiger charge is 2.15. The van der Waals surface area contributed by atoms with Gasteiger partial charge in [-0.3, -0.25) is 4.98 Å². The molecule has 1 aliphatic heterocycles. The van der Waals surface area contributed by atoms with E-state index in [4.69, 9.17) is 0 Å². The number of hydrogen-bond acceptors (Lipinski definition) is 2. The second kappa shape index (κ2) is 3.09. The van der Waals surface area contributed by atoms with Gasteiger partial charge in [-0.05, 0) is 29.7 Å². The Morgan fingerprint density at radius 2 is 2.13 bits per heavy atom. The lowest BCUT2D eigenvalue weighted by Crippen LogP contribution is -2.09. The molecule has 2 nitrogen and oxygen atoms in total. The number of aryl methyl sites for hydroxylation is 1. The van der Waals surface area contributed by atoms with Crippen LogP contribution in [0.5, 0.6) is 0 Å². The van der Waals surface area contributed by atoms with Gasteiger partial charge in [0.05, 0.1) is 0 Å². The molecule has 3 rings (SSSR count). The van der Waals surface area contributed by atoms with Gasteiger partial charge in [0.15, 0.2) is 0 Å². The highest BCUT2D eigenvalue weighted by Crippen LogP contribution is 2.36. The Morgan fingerprint density at radius 1 is 1.20 bits per heavy atom. The molecule has 1 aliphatic rings. The summed E-state index contributed by atoms with van der Waals surface area (Å²) in [6, 6.07) is 8.49. The van der Waals surface area contributed by atoms with Gasteiger partial charge >= 0.3 is 0 Å². The first-order chi connectivity index (χ1) is 7.36. The van der Waals surface area contributed by atoms with E-state index in [1.54, 1.807) is 0 Å². The summed E-state index contributed by atoms with van der Waals surface area (Å²) in [6.45, 7) is 3.01. The van der Waals surface area contributed by atoms with Crippen LogP contribution in [0.15, 0.2) is 36.7 Å².